The molecule has 0 aliphatic carbocycles. The van der Waals surface area contributed by atoms with Crippen LogP contribution in [-0.2, 0) is 17.9 Å². The van der Waals surface area contributed by atoms with E-state index in [2.05, 4.69) is 58.6 Å². The average molecular weight is 710 g/mol. The number of benzene rings is 3. The van der Waals surface area contributed by atoms with E-state index in [0.717, 1.165) is 62.0 Å². The van der Waals surface area contributed by atoms with Crippen molar-refractivity contribution in [2.75, 3.05) is 25.0 Å². The fourth-order valence-corrected chi connectivity index (χ4v) is 7.25. The molecule has 7 rings (SSSR count). The lowest BCUT2D eigenvalue weighted by Gasteiger charge is -2.20. The van der Waals surface area contributed by atoms with Gasteiger partial charge in [-0.25, -0.2) is 9.97 Å². The number of aliphatic carboxylic acids is 1. The van der Waals surface area contributed by atoms with Gasteiger partial charge in [-0.3, -0.25) is 14.7 Å². The largest absolute Gasteiger partial charge is 0.481 e. The van der Waals surface area contributed by atoms with E-state index in [1.807, 2.05) is 55.6 Å². The molecule has 0 bridgehead atoms. The minimum Gasteiger partial charge on any atom is -0.481 e. The first-order valence-corrected chi connectivity index (χ1v) is 17.9. The fraction of sp³-hybridized carbons (Fsp3) is 0.310. The van der Waals surface area contributed by atoms with Crippen molar-refractivity contribution in [1.82, 2.24) is 25.2 Å². The van der Waals surface area contributed by atoms with Gasteiger partial charge in [0, 0.05) is 54.7 Å². The number of nitrogens with one attached hydrogen (secondary N) is 2. The highest BCUT2D eigenvalue weighted by atomic mass is 16.4. The van der Waals surface area contributed by atoms with Crippen LogP contribution >= 0.6 is 0 Å². The van der Waals surface area contributed by atoms with Crippen LogP contribution in [0.2, 0.25) is 0 Å². The zero-order valence-electron chi connectivity index (χ0n) is 30.4. The van der Waals surface area contributed by atoms with E-state index < -0.39 is 11.4 Å². The molecule has 3 aromatic heterocycles. The third kappa shape index (κ3) is 7.09. The number of nitrogens with zero attached hydrogens (tertiary/aromatic N) is 5. The van der Waals surface area contributed by atoms with E-state index in [0.29, 0.717) is 61.0 Å². The number of carboxylic acid groups (broad SMARTS) is 1. The SMILES string of the molecule is CCC(CO)NCc1cnc2c(Nc3cccc(-c4cccc(-c5nc6cc(CN7CCC(C)(C(=O)O)C7)cc(C#N)c6o5)c4C)c3C)nccc2c1. The number of rotatable bonds is 12. The minimum atomic E-state index is -0.784. The van der Waals surface area contributed by atoms with Crippen LogP contribution in [0, 0.1) is 30.6 Å². The molecular weight excluding hydrogens is 667 g/mol. The average Bonchev–Trinajstić information content (AvgIpc) is 3.76. The maximum Gasteiger partial charge on any atom is 0.310 e. The van der Waals surface area contributed by atoms with Gasteiger partial charge >= 0.3 is 5.97 Å². The van der Waals surface area contributed by atoms with E-state index >= 15 is 0 Å². The molecule has 1 aliphatic rings. The zero-order chi connectivity index (χ0) is 37.3. The highest BCUT2D eigenvalue weighted by Gasteiger charge is 2.40. The van der Waals surface area contributed by atoms with E-state index in [9.17, 15) is 20.3 Å². The fourth-order valence-electron chi connectivity index (χ4n) is 7.25. The number of aliphatic hydroxyl groups excluding tert-OH is 1. The van der Waals surface area contributed by atoms with Crippen molar-refractivity contribution in [3.8, 4) is 28.7 Å². The molecule has 0 radical (unpaired) electrons. The van der Waals surface area contributed by atoms with Gasteiger partial charge in [-0.2, -0.15) is 5.26 Å². The summed E-state index contributed by atoms with van der Waals surface area (Å²) in [5.74, 6) is 0.309. The minimum absolute atomic E-state index is 0.0475. The number of carboxylic acids is 1. The molecule has 4 N–H and O–H groups in total. The molecule has 1 aliphatic heterocycles. The number of pyridine rings is 2. The molecule has 0 spiro atoms. The number of aliphatic hydroxyl groups is 1. The molecule has 1 fully saturated rings. The summed E-state index contributed by atoms with van der Waals surface area (Å²) < 4.78 is 6.29. The first kappa shape index (κ1) is 35.7. The van der Waals surface area contributed by atoms with E-state index in [4.69, 9.17) is 14.4 Å². The summed E-state index contributed by atoms with van der Waals surface area (Å²) >= 11 is 0. The Labute approximate surface area is 308 Å². The maximum absolute atomic E-state index is 11.8. The number of nitriles is 1. The van der Waals surface area contributed by atoms with E-state index in [-0.39, 0.29) is 12.6 Å². The van der Waals surface area contributed by atoms with Crippen LogP contribution in [0.3, 0.4) is 0 Å². The Morgan fingerprint density at radius 2 is 1.83 bits per heavy atom. The lowest BCUT2D eigenvalue weighted by Crippen LogP contribution is -2.31. The smallest absolute Gasteiger partial charge is 0.310 e. The number of carbonyl (C=O) groups is 1. The Morgan fingerprint density at radius 3 is 2.57 bits per heavy atom. The van der Waals surface area contributed by atoms with Crippen molar-refractivity contribution in [3.63, 3.8) is 0 Å². The molecule has 0 saturated carbocycles. The van der Waals surface area contributed by atoms with Crippen molar-refractivity contribution in [1.29, 1.82) is 5.26 Å². The van der Waals surface area contributed by atoms with Crippen LogP contribution in [0.15, 0.2) is 77.5 Å². The molecule has 2 unspecified atom stereocenters. The van der Waals surface area contributed by atoms with Gasteiger partial charge in [0.05, 0.1) is 17.6 Å². The Balaban J connectivity index is 1.16. The summed E-state index contributed by atoms with van der Waals surface area (Å²) in [4.78, 5) is 28.2. The van der Waals surface area contributed by atoms with Crippen LogP contribution in [0.1, 0.15) is 54.5 Å². The van der Waals surface area contributed by atoms with Crippen molar-refractivity contribution in [2.24, 2.45) is 5.41 Å². The highest BCUT2D eigenvalue weighted by Crippen LogP contribution is 2.38. The van der Waals surface area contributed by atoms with Crippen molar-refractivity contribution >= 4 is 39.5 Å². The summed E-state index contributed by atoms with van der Waals surface area (Å²) in [7, 11) is 0. The third-order valence-electron chi connectivity index (χ3n) is 10.6. The first-order valence-electron chi connectivity index (χ1n) is 17.9. The van der Waals surface area contributed by atoms with Crippen molar-refractivity contribution in [3.05, 3.63) is 101 Å². The van der Waals surface area contributed by atoms with Crippen LogP contribution in [-0.4, -0.2) is 61.8 Å². The van der Waals surface area contributed by atoms with Gasteiger partial charge < -0.3 is 25.3 Å². The van der Waals surface area contributed by atoms with Gasteiger partial charge in [0.2, 0.25) is 5.89 Å². The zero-order valence-corrected chi connectivity index (χ0v) is 30.4. The molecule has 6 aromatic rings. The molecule has 53 heavy (non-hydrogen) atoms. The summed E-state index contributed by atoms with van der Waals surface area (Å²) in [6.07, 6.45) is 5.06. The first-order chi connectivity index (χ1) is 25.6. The van der Waals surface area contributed by atoms with Crippen molar-refractivity contribution in [2.45, 2.75) is 59.7 Å². The van der Waals surface area contributed by atoms with Crippen LogP contribution < -0.4 is 10.6 Å². The molecule has 3 aromatic carbocycles. The predicted octanol–water partition coefficient (Wildman–Crippen LogP) is 7.49. The summed E-state index contributed by atoms with van der Waals surface area (Å²) in [5.41, 5.74) is 9.18. The molecule has 0 amide bonds. The second-order valence-corrected chi connectivity index (χ2v) is 14.3. The third-order valence-corrected chi connectivity index (χ3v) is 10.6. The van der Waals surface area contributed by atoms with Gasteiger partial charge in [-0.15, -0.1) is 0 Å². The van der Waals surface area contributed by atoms with E-state index in [1.54, 1.807) is 13.1 Å². The molecule has 1 saturated heterocycles. The Hall–Kier alpha value is -5.67. The topological polar surface area (TPSA) is 160 Å². The van der Waals surface area contributed by atoms with E-state index in [1.165, 1.54) is 0 Å². The van der Waals surface area contributed by atoms with Gasteiger partial charge in [-0.1, -0.05) is 31.2 Å². The number of anilines is 2. The van der Waals surface area contributed by atoms with Crippen LogP contribution in [0.5, 0.6) is 0 Å². The molecule has 270 valence electrons. The van der Waals surface area contributed by atoms with Crippen LogP contribution in [0.25, 0.3) is 44.6 Å². The second kappa shape index (κ2) is 14.8. The number of likely N-dealkylation sites (tertiary alicyclic amines) is 1. The van der Waals surface area contributed by atoms with Crippen molar-refractivity contribution < 1.29 is 19.4 Å². The Kier molecular flexibility index (Phi) is 9.94. The van der Waals surface area contributed by atoms with Crippen LogP contribution in [0.4, 0.5) is 11.5 Å². The number of hydrogen-bond acceptors (Lipinski definition) is 10. The second-order valence-electron chi connectivity index (χ2n) is 14.3. The maximum atomic E-state index is 11.8. The van der Waals surface area contributed by atoms with Gasteiger partial charge in [0.25, 0.3) is 0 Å². The predicted molar refractivity (Wildman–Crippen MR) is 206 cm³/mol. The summed E-state index contributed by atoms with van der Waals surface area (Å²) in [6, 6.07) is 22.3. The Bertz CT molecular complexity index is 2380. The lowest BCUT2D eigenvalue weighted by atomic mass is 9.90. The molecule has 4 heterocycles. The quantitative estimate of drug-likeness (QED) is 0.0997. The summed E-state index contributed by atoms with van der Waals surface area (Å²) in [5, 5.41) is 37.1. The lowest BCUT2D eigenvalue weighted by molar-refractivity contribution is -0.147. The standard InChI is InChI=1S/C42H43N7O4/c1-5-31(23-50)45-20-28-17-29-12-14-44-39(37(29)46-21-28)47-35-11-7-9-33(26(35)3)32-8-6-10-34(25(32)2)40-48-36-18-27(16-30(19-43)38(36)53-40)22-49-15-13-42(4,24-49)41(51)52/h6-12,14,16-18,21,31,45,50H,5,13,15,20,22-24H2,1-4H3,(H,44,47)(H,51,52). The number of fused-ring (bicyclic) bond motifs is 2. The monoisotopic (exact) mass is 709 g/mol. The molecule has 2 atom stereocenters. The summed E-state index contributed by atoms with van der Waals surface area (Å²) in [6.45, 7) is 10.3. The van der Waals surface area contributed by atoms with Gasteiger partial charge in [0.15, 0.2) is 11.4 Å². The molecule has 11 nitrogen and oxygen atoms in total. The number of oxazole rings is 1. The Morgan fingerprint density at radius 1 is 1.06 bits per heavy atom. The highest BCUT2D eigenvalue weighted by molar-refractivity contribution is 5.91. The molecular formula is C42H43N7O4. The molecule has 11 heteroatoms. The van der Waals surface area contributed by atoms with Gasteiger partial charge in [0.1, 0.15) is 17.1 Å². The normalized spacial score (nSPS) is 16.6. The number of hydrogen-bond donors (Lipinski definition) is 4. The number of aromatic nitrogens is 3. The van der Waals surface area contributed by atoms with Gasteiger partial charge in [-0.05, 0) is 110 Å².